The Morgan fingerprint density at radius 1 is 1.18 bits per heavy atom. The average molecular weight is 255 g/mol. The number of hydrogen-bond acceptors (Lipinski definition) is 3. The highest BCUT2D eigenvalue weighted by molar-refractivity contribution is 7.99. The predicted molar refractivity (Wildman–Crippen MR) is 64.8 cm³/mol. The molecule has 17 heavy (non-hydrogen) atoms. The molecule has 94 valence electrons. The van der Waals surface area contributed by atoms with Gasteiger partial charge in [-0.3, -0.25) is 4.79 Å². The molecular weight excluding hydrogens is 238 g/mol. The second-order valence-electron chi connectivity index (χ2n) is 5.38. The number of thioether (sulfide) groups is 1. The molecule has 1 aliphatic heterocycles. The molecule has 0 aromatic rings. The van der Waals surface area contributed by atoms with E-state index in [0.29, 0.717) is 12.3 Å². The number of carboxylic acids is 1. The van der Waals surface area contributed by atoms with Gasteiger partial charge in [0, 0.05) is 24.0 Å². The zero-order valence-electron chi connectivity index (χ0n) is 9.67. The molecule has 3 aliphatic rings. The Labute approximate surface area is 105 Å². The van der Waals surface area contributed by atoms with Gasteiger partial charge in [0.05, 0.1) is 0 Å². The summed E-state index contributed by atoms with van der Waals surface area (Å²) in [6, 6.07) is -0.599. The minimum atomic E-state index is -0.853. The van der Waals surface area contributed by atoms with Crippen molar-refractivity contribution in [1.82, 2.24) is 4.90 Å². The summed E-state index contributed by atoms with van der Waals surface area (Å²) in [6.45, 7) is 0.603. The van der Waals surface area contributed by atoms with E-state index >= 15 is 0 Å². The summed E-state index contributed by atoms with van der Waals surface area (Å²) in [5.74, 6) is 2.32. The fourth-order valence-electron chi connectivity index (χ4n) is 3.22. The van der Waals surface area contributed by atoms with Gasteiger partial charge in [-0.05, 0) is 31.1 Å². The van der Waals surface area contributed by atoms with Crippen molar-refractivity contribution in [2.24, 2.45) is 17.8 Å². The summed E-state index contributed by atoms with van der Waals surface area (Å²) in [4.78, 5) is 25.1. The van der Waals surface area contributed by atoms with Crippen LogP contribution in [0.4, 0.5) is 0 Å². The maximum atomic E-state index is 12.3. The van der Waals surface area contributed by atoms with E-state index < -0.39 is 12.0 Å². The Morgan fingerprint density at radius 3 is 2.53 bits per heavy atom. The molecule has 3 unspecified atom stereocenters. The number of amides is 1. The lowest BCUT2D eigenvalue weighted by Gasteiger charge is -2.34. The third-order valence-corrected chi connectivity index (χ3v) is 5.31. The molecule has 4 nitrogen and oxygen atoms in total. The number of carbonyl (C=O) groups excluding carboxylic acids is 1. The van der Waals surface area contributed by atoms with Crippen molar-refractivity contribution in [3.05, 3.63) is 0 Å². The van der Waals surface area contributed by atoms with Gasteiger partial charge >= 0.3 is 5.97 Å². The number of fused-ring (bicyclic) bond motifs is 1. The van der Waals surface area contributed by atoms with Crippen molar-refractivity contribution < 1.29 is 14.7 Å². The van der Waals surface area contributed by atoms with Crippen LogP contribution in [0.15, 0.2) is 0 Å². The summed E-state index contributed by atoms with van der Waals surface area (Å²) in [5.41, 5.74) is 0. The van der Waals surface area contributed by atoms with Crippen molar-refractivity contribution in [3.63, 3.8) is 0 Å². The van der Waals surface area contributed by atoms with Gasteiger partial charge in [0.15, 0.2) is 0 Å². The summed E-state index contributed by atoms with van der Waals surface area (Å²) in [7, 11) is 0. The Balaban J connectivity index is 1.68. The van der Waals surface area contributed by atoms with Gasteiger partial charge in [0.2, 0.25) is 5.91 Å². The number of carboxylic acid groups (broad SMARTS) is 1. The van der Waals surface area contributed by atoms with Crippen LogP contribution in [0.3, 0.4) is 0 Å². The second-order valence-corrected chi connectivity index (χ2v) is 6.53. The first-order valence-electron chi connectivity index (χ1n) is 6.28. The molecule has 0 radical (unpaired) electrons. The highest BCUT2D eigenvalue weighted by Crippen LogP contribution is 2.54. The van der Waals surface area contributed by atoms with Gasteiger partial charge in [0.1, 0.15) is 6.04 Å². The number of rotatable bonds is 2. The zero-order valence-corrected chi connectivity index (χ0v) is 10.5. The van der Waals surface area contributed by atoms with Crippen LogP contribution in [-0.2, 0) is 9.59 Å². The maximum Gasteiger partial charge on any atom is 0.327 e. The van der Waals surface area contributed by atoms with Gasteiger partial charge < -0.3 is 10.0 Å². The fourth-order valence-corrected chi connectivity index (χ4v) is 4.26. The molecular formula is C12H17NO3S. The highest BCUT2D eigenvalue weighted by Gasteiger charge is 2.49. The highest BCUT2D eigenvalue weighted by atomic mass is 32.2. The molecule has 2 saturated carbocycles. The fraction of sp³-hybridized carbons (Fsp3) is 0.833. The normalized spacial score (nSPS) is 39.9. The van der Waals surface area contributed by atoms with E-state index in [1.807, 2.05) is 0 Å². The first kappa shape index (κ1) is 11.4. The van der Waals surface area contributed by atoms with Crippen LogP contribution in [0.5, 0.6) is 0 Å². The van der Waals surface area contributed by atoms with Crippen LogP contribution in [-0.4, -0.2) is 46.0 Å². The van der Waals surface area contributed by atoms with Crippen LogP contribution in [0.1, 0.15) is 19.3 Å². The summed E-state index contributed by atoms with van der Waals surface area (Å²) in [5, 5.41) is 9.15. The summed E-state index contributed by atoms with van der Waals surface area (Å²) in [6.07, 6.45) is 3.29. The topological polar surface area (TPSA) is 57.6 Å². The first-order chi connectivity index (χ1) is 8.16. The lowest BCUT2D eigenvalue weighted by Crippen LogP contribution is -2.52. The molecule has 1 N–H and O–H groups in total. The molecule has 1 heterocycles. The van der Waals surface area contributed by atoms with E-state index in [2.05, 4.69) is 0 Å². The molecule has 3 rings (SSSR count). The van der Waals surface area contributed by atoms with Crippen molar-refractivity contribution in [3.8, 4) is 0 Å². The first-order valence-corrected chi connectivity index (χ1v) is 7.43. The molecule has 5 heteroatoms. The standard InChI is InChI=1S/C12H17NO3S/c14-11(9-4-7-3-8(7)5-9)13-1-2-17-6-10(13)12(15)16/h7-10H,1-6H2,(H,15,16). The molecule has 3 atom stereocenters. The van der Waals surface area contributed by atoms with Crippen molar-refractivity contribution >= 4 is 23.6 Å². The Bertz CT molecular complexity index is 350. The van der Waals surface area contributed by atoms with Crippen molar-refractivity contribution in [2.75, 3.05) is 18.1 Å². The third-order valence-electron chi connectivity index (χ3n) is 4.29. The molecule has 0 spiro atoms. The van der Waals surface area contributed by atoms with Crippen molar-refractivity contribution in [2.45, 2.75) is 25.3 Å². The van der Waals surface area contributed by atoms with Gasteiger partial charge in [-0.2, -0.15) is 11.8 Å². The van der Waals surface area contributed by atoms with Crippen LogP contribution in [0, 0.1) is 17.8 Å². The van der Waals surface area contributed by atoms with Crippen LogP contribution >= 0.6 is 11.8 Å². The molecule has 0 aromatic carbocycles. The van der Waals surface area contributed by atoms with E-state index in [0.717, 1.165) is 30.4 Å². The molecule has 0 aromatic heterocycles. The molecule has 1 amide bonds. The van der Waals surface area contributed by atoms with Gasteiger partial charge in [-0.1, -0.05) is 0 Å². The molecule has 2 aliphatic carbocycles. The van der Waals surface area contributed by atoms with E-state index in [4.69, 9.17) is 5.11 Å². The minimum absolute atomic E-state index is 0.102. The minimum Gasteiger partial charge on any atom is -0.480 e. The predicted octanol–water partition coefficient (Wildman–Crippen LogP) is 1.06. The van der Waals surface area contributed by atoms with E-state index in [9.17, 15) is 9.59 Å². The SMILES string of the molecule is O=C(O)C1CSCCN1C(=O)C1CC2CC2C1. The molecule has 1 saturated heterocycles. The Kier molecular flexibility index (Phi) is 2.81. The third kappa shape index (κ3) is 2.05. The lowest BCUT2D eigenvalue weighted by atomic mass is 10.0. The molecule has 3 fully saturated rings. The van der Waals surface area contributed by atoms with Gasteiger partial charge in [0.25, 0.3) is 0 Å². The average Bonchev–Trinajstić information content (AvgIpc) is 2.95. The number of hydrogen-bond donors (Lipinski definition) is 1. The summed E-state index contributed by atoms with van der Waals surface area (Å²) < 4.78 is 0. The van der Waals surface area contributed by atoms with E-state index in [-0.39, 0.29) is 11.8 Å². The van der Waals surface area contributed by atoms with Crippen molar-refractivity contribution in [1.29, 1.82) is 0 Å². The lowest BCUT2D eigenvalue weighted by molar-refractivity contribution is -0.151. The monoisotopic (exact) mass is 255 g/mol. The zero-order chi connectivity index (χ0) is 12.0. The van der Waals surface area contributed by atoms with Gasteiger partial charge in [-0.15, -0.1) is 0 Å². The second kappa shape index (κ2) is 4.19. The largest absolute Gasteiger partial charge is 0.480 e. The van der Waals surface area contributed by atoms with Crippen LogP contribution < -0.4 is 0 Å². The summed E-state index contributed by atoms with van der Waals surface area (Å²) >= 11 is 1.63. The quantitative estimate of drug-likeness (QED) is 0.801. The van der Waals surface area contributed by atoms with E-state index in [1.165, 1.54) is 6.42 Å². The van der Waals surface area contributed by atoms with Gasteiger partial charge in [-0.25, -0.2) is 4.79 Å². The van der Waals surface area contributed by atoms with Crippen LogP contribution in [0.25, 0.3) is 0 Å². The maximum absolute atomic E-state index is 12.3. The Hall–Kier alpha value is -0.710. The number of nitrogens with zero attached hydrogens (tertiary/aromatic N) is 1. The number of aliphatic carboxylic acids is 1. The smallest absolute Gasteiger partial charge is 0.327 e. The molecule has 0 bridgehead atoms. The van der Waals surface area contributed by atoms with E-state index in [1.54, 1.807) is 16.7 Å². The number of carbonyl (C=O) groups is 2. The Morgan fingerprint density at radius 2 is 1.88 bits per heavy atom. The van der Waals surface area contributed by atoms with Crippen LogP contribution in [0.2, 0.25) is 0 Å².